The molecule has 1 aliphatic heterocycles. The number of aliphatic hydroxyl groups is 5. The number of rotatable bonds is 6. The van der Waals surface area contributed by atoms with Crippen LogP contribution in [0.2, 0.25) is 0 Å². The normalized spacial score (nSPS) is 28.2. The third-order valence-electron chi connectivity index (χ3n) is 5.85. The van der Waals surface area contributed by atoms with Crippen molar-refractivity contribution >= 4 is 10.9 Å². The molecule has 8 nitrogen and oxygen atoms in total. The minimum atomic E-state index is -2.80. The van der Waals surface area contributed by atoms with Crippen molar-refractivity contribution < 1.29 is 39.4 Å². The summed E-state index contributed by atoms with van der Waals surface area (Å²) in [5, 5.41) is 51.3. The first kappa shape index (κ1) is 22.7. The number of aromatic nitrogens is 1. The van der Waals surface area contributed by atoms with Crippen LogP contribution < -0.4 is 4.74 Å². The number of nitrogens with one attached hydrogen (secondary N) is 1. The molecule has 0 saturated carbocycles. The first-order valence-electron chi connectivity index (χ1n) is 10.4. The second kappa shape index (κ2) is 8.78. The highest BCUT2D eigenvalue weighted by Gasteiger charge is 2.57. The van der Waals surface area contributed by atoms with Crippen molar-refractivity contribution in [2.45, 2.75) is 50.2 Å². The minimum absolute atomic E-state index is 0.153. The SMILES string of the molecule is CCc1ccc(Cc2c[nH]c3cc(F)cc(O[C@]4(O)C(O)O[C@H](CO)[C@@H](O)[C@@H]4O)c23)cc1. The van der Waals surface area contributed by atoms with Crippen LogP contribution in [-0.2, 0) is 17.6 Å². The number of hydrogen-bond donors (Lipinski definition) is 6. The molecular formula is C23H26FNO7. The summed E-state index contributed by atoms with van der Waals surface area (Å²) in [5.74, 6) is -3.63. The van der Waals surface area contributed by atoms with E-state index in [4.69, 9.17) is 9.47 Å². The van der Waals surface area contributed by atoms with Crippen molar-refractivity contribution in [3.8, 4) is 5.75 Å². The molecule has 0 spiro atoms. The number of benzene rings is 2. The van der Waals surface area contributed by atoms with Gasteiger partial charge in [-0.2, -0.15) is 0 Å². The Bertz CT molecular complexity index is 1090. The highest BCUT2D eigenvalue weighted by atomic mass is 19.1. The smallest absolute Gasteiger partial charge is 0.288 e. The molecule has 5 atom stereocenters. The summed E-state index contributed by atoms with van der Waals surface area (Å²) < 4.78 is 24.8. The van der Waals surface area contributed by atoms with E-state index in [2.05, 4.69) is 11.9 Å². The maximum absolute atomic E-state index is 14.3. The van der Waals surface area contributed by atoms with Gasteiger partial charge in [-0.25, -0.2) is 4.39 Å². The van der Waals surface area contributed by atoms with Gasteiger partial charge in [-0.05, 0) is 35.6 Å². The van der Waals surface area contributed by atoms with E-state index in [0.29, 0.717) is 17.3 Å². The van der Waals surface area contributed by atoms with Gasteiger partial charge in [-0.1, -0.05) is 31.2 Å². The molecule has 9 heteroatoms. The van der Waals surface area contributed by atoms with Gasteiger partial charge in [-0.3, -0.25) is 0 Å². The first-order chi connectivity index (χ1) is 15.3. The summed E-state index contributed by atoms with van der Waals surface area (Å²) in [6.07, 6.45) is -4.15. The first-order valence-corrected chi connectivity index (χ1v) is 10.4. The van der Waals surface area contributed by atoms with Crippen LogP contribution in [0.25, 0.3) is 10.9 Å². The lowest BCUT2D eigenvalue weighted by molar-refractivity contribution is -0.385. The van der Waals surface area contributed by atoms with Crippen LogP contribution in [0.15, 0.2) is 42.6 Å². The fourth-order valence-corrected chi connectivity index (χ4v) is 3.97. The Morgan fingerprint density at radius 3 is 2.47 bits per heavy atom. The number of halogens is 1. The maximum Gasteiger partial charge on any atom is 0.288 e. The second-order valence-corrected chi connectivity index (χ2v) is 7.99. The summed E-state index contributed by atoms with van der Waals surface area (Å²) >= 11 is 0. The van der Waals surface area contributed by atoms with Crippen molar-refractivity contribution in [3.63, 3.8) is 0 Å². The van der Waals surface area contributed by atoms with E-state index in [-0.39, 0.29) is 5.75 Å². The van der Waals surface area contributed by atoms with Gasteiger partial charge in [0.05, 0.1) is 12.1 Å². The van der Waals surface area contributed by atoms with E-state index in [1.807, 2.05) is 24.3 Å². The van der Waals surface area contributed by atoms with Crippen LogP contribution in [0.4, 0.5) is 4.39 Å². The summed E-state index contributed by atoms with van der Waals surface area (Å²) in [7, 11) is 0. The standard InChI is InChI=1S/C23H26FNO7/c1-2-12-3-5-13(6-4-12)7-14-10-25-16-8-15(24)9-17(19(14)16)32-23(30)21(28)20(27)18(11-26)31-22(23)29/h3-6,8-10,18,20-22,25-30H,2,7,11H2,1H3/t18-,20-,21+,22?,23+/m1/s1. The quantitative estimate of drug-likeness (QED) is 0.310. The van der Waals surface area contributed by atoms with E-state index in [0.717, 1.165) is 23.6 Å². The largest absolute Gasteiger partial charge is 0.453 e. The van der Waals surface area contributed by atoms with Crippen LogP contribution >= 0.6 is 0 Å². The van der Waals surface area contributed by atoms with Crippen LogP contribution in [0.1, 0.15) is 23.6 Å². The Labute approximate surface area is 183 Å². The number of aliphatic hydroxyl groups excluding tert-OH is 4. The van der Waals surface area contributed by atoms with Crippen molar-refractivity contribution in [2.24, 2.45) is 0 Å². The van der Waals surface area contributed by atoms with Crippen molar-refractivity contribution in [1.29, 1.82) is 0 Å². The topological polar surface area (TPSA) is 135 Å². The number of aromatic amines is 1. The highest BCUT2D eigenvalue weighted by molar-refractivity contribution is 5.89. The summed E-state index contributed by atoms with van der Waals surface area (Å²) in [5.41, 5.74) is 3.32. The van der Waals surface area contributed by atoms with Gasteiger partial charge >= 0.3 is 0 Å². The molecule has 0 bridgehead atoms. The predicted molar refractivity (Wildman–Crippen MR) is 112 cm³/mol. The third kappa shape index (κ3) is 3.99. The summed E-state index contributed by atoms with van der Waals surface area (Å²) in [4.78, 5) is 2.97. The number of ether oxygens (including phenoxy) is 2. The highest BCUT2D eigenvalue weighted by Crippen LogP contribution is 2.37. The lowest BCUT2D eigenvalue weighted by Gasteiger charge is -2.45. The number of fused-ring (bicyclic) bond motifs is 1. The van der Waals surface area contributed by atoms with Gasteiger partial charge < -0.3 is 40.0 Å². The summed E-state index contributed by atoms with van der Waals surface area (Å²) in [6, 6.07) is 10.3. The monoisotopic (exact) mass is 447 g/mol. The molecule has 2 aromatic carbocycles. The molecule has 0 aliphatic carbocycles. The Balaban J connectivity index is 1.71. The average molecular weight is 447 g/mol. The van der Waals surface area contributed by atoms with Gasteiger partial charge in [0.25, 0.3) is 5.79 Å². The minimum Gasteiger partial charge on any atom is -0.453 e. The van der Waals surface area contributed by atoms with E-state index >= 15 is 0 Å². The molecule has 1 aliphatic rings. The Morgan fingerprint density at radius 1 is 1.12 bits per heavy atom. The van der Waals surface area contributed by atoms with E-state index in [1.54, 1.807) is 6.20 Å². The Hall–Kier alpha value is -2.53. The molecule has 1 fully saturated rings. The van der Waals surface area contributed by atoms with E-state index in [1.165, 1.54) is 11.6 Å². The van der Waals surface area contributed by atoms with Crippen LogP contribution in [0, 0.1) is 5.82 Å². The summed E-state index contributed by atoms with van der Waals surface area (Å²) in [6.45, 7) is 1.36. The van der Waals surface area contributed by atoms with Crippen LogP contribution in [0.5, 0.6) is 5.75 Å². The van der Waals surface area contributed by atoms with Gasteiger partial charge in [0.2, 0.25) is 6.29 Å². The lowest BCUT2D eigenvalue weighted by atomic mass is 9.95. The number of hydrogen-bond acceptors (Lipinski definition) is 7. The fraction of sp³-hybridized carbons (Fsp3) is 0.391. The van der Waals surface area contributed by atoms with Crippen LogP contribution in [-0.4, -0.2) is 67.5 Å². The van der Waals surface area contributed by atoms with Gasteiger partial charge in [0.15, 0.2) is 6.10 Å². The van der Waals surface area contributed by atoms with Gasteiger partial charge in [0, 0.05) is 17.6 Å². The maximum atomic E-state index is 14.3. The van der Waals surface area contributed by atoms with Crippen LogP contribution in [0.3, 0.4) is 0 Å². The molecule has 172 valence electrons. The zero-order valence-electron chi connectivity index (χ0n) is 17.4. The number of H-pyrrole nitrogens is 1. The average Bonchev–Trinajstić information content (AvgIpc) is 3.18. The van der Waals surface area contributed by atoms with Crippen molar-refractivity contribution in [1.82, 2.24) is 4.98 Å². The van der Waals surface area contributed by atoms with Gasteiger partial charge in [0.1, 0.15) is 23.8 Å². The Kier molecular flexibility index (Phi) is 6.22. The predicted octanol–water partition coefficient (Wildman–Crippen LogP) is 0.959. The molecule has 0 radical (unpaired) electrons. The van der Waals surface area contributed by atoms with Crippen molar-refractivity contribution in [2.75, 3.05) is 6.61 Å². The number of aryl methyl sites for hydroxylation is 1. The Morgan fingerprint density at radius 2 is 1.81 bits per heavy atom. The zero-order valence-corrected chi connectivity index (χ0v) is 17.4. The zero-order chi connectivity index (χ0) is 23.0. The molecule has 1 unspecified atom stereocenters. The lowest BCUT2D eigenvalue weighted by Crippen LogP contribution is -2.69. The molecule has 3 aromatic rings. The molecule has 1 aromatic heterocycles. The molecular weight excluding hydrogens is 421 g/mol. The van der Waals surface area contributed by atoms with Crippen molar-refractivity contribution in [3.05, 3.63) is 65.1 Å². The van der Waals surface area contributed by atoms with Gasteiger partial charge in [-0.15, -0.1) is 0 Å². The van der Waals surface area contributed by atoms with E-state index < -0.39 is 42.8 Å². The second-order valence-electron chi connectivity index (χ2n) is 7.99. The molecule has 0 amide bonds. The molecule has 32 heavy (non-hydrogen) atoms. The molecule has 6 N–H and O–H groups in total. The molecule has 2 heterocycles. The molecule has 4 rings (SSSR count). The third-order valence-corrected chi connectivity index (χ3v) is 5.85. The molecule has 1 saturated heterocycles. The van der Waals surface area contributed by atoms with E-state index in [9.17, 15) is 29.9 Å². The fourth-order valence-electron chi connectivity index (χ4n) is 3.97.